The minimum Gasteiger partial charge on any atom is -0.461 e. The predicted octanol–water partition coefficient (Wildman–Crippen LogP) is 4.34. The highest BCUT2D eigenvalue weighted by atomic mass is 19.2. The minimum atomic E-state index is -0.839. The lowest BCUT2D eigenvalue weighted by molar-refractivity contribution is -0.116. The molecule has 3 unspecified atom stereocenters. The Hall–Kier alpha value is -2.63. The number of halogens is 2. The Morgan fingerprint density at radius 1 is 1.29 bits per heavy atom. The molecule has 0 spiro atoms. The van der Waals surface area contributed by atoms with Crippen molar-refractivity contribution in [3.63, 3.8) is 0 Å². The zero-order valence-corrected chi connectivity index (χ0v) is 15.8. The van der Waals surface area contributed by atoms with Gasteiger partial charge in [0.15, 0.2) is 11.6 Å². The van der Waals surface area contributed by atoms with E-state index in [-0.39, 0.29) is 11.8 Å². The van der Waals surface area contributed by atoms with Gasteiger partial charge in [0.2, 0.25) is 5.91 Å². The Bertz CT molecular complexity index is 892. The first-order valence-corrected chi connectivity index (χ1v) is 9.75. The summed E-state index contributed by atoms with van der Waals surface area (Å²) in [6.07, 6.45) is 5.24. The Labute approximate surface area is 163 Å². The first-order chi connectivity index (χ1) is 13.5. The zero-order valence-electron chi connectivity index (χ0n) is 15.8. The summed E-state index contributed by atoms with van der Waals surface area (Å²) in [4.78, 5) is 14.1. The standard InChI is InChI=1S/C22H24F2N2O2/c1-14-10-18(14)21-6-3-17(28-21)4-7-22(27)25-12-15-8-9-26(13-15)16-2-5-19(23)20(24)11-16/h2-7,11,14-15,18H,8-10,12-13H2,1H3,(H,25,27)/b7-4+. The number of hydrogen-bond acceptors (Lipinski definition) is 3. The number of rotatable bonds is 6. The van der Waals surface area contributed by atoms with Crippen LogP contribution in [0.2, 0.25) is 0 Å². The summed E-state index contributed by atoms with van der Waals surface area (Å²) >= 11 is 0. The maximum absolute atomic E-state index is 13.4. The number of amides is 1. The van der Waals surface area contributed by atoms with Crippen molar-refractivity contribution in [3.8, 4) is 0 Å². The molecule has 2 aromatic rings. The number of nitrogens with zero attached hydrogens (tertiary/aromatic N) is 1. The van der Waals surface area contributed by atoms with E-state index in [1.165, 1.54) is 18.6 Å². The molecule has 1 aliphatic heterocycles. The molecule has 148 valence electrons. The molecule has 1 aromatic heterocycles. The normalized spacial score (nSPS) is 24.1. The van der Waals surface area contributed by atoms with Crippen LogP contribution in [0, 0.1) is 23.5 Å². The van der Waals surface area contributed by atoms with Crippen LogP contribution in [0.5, 0.6) is 0 Å². The number of carbonyl (C=O) groups is 1. The van der Waals surface area contributed by atoms with Crippen LogP contribution < -0.4 is 10.2 Å². The molecule has 3 atom stereocenters. The van der Waals surface area contributed by atoms with Gasteiger partial charge in [0.1, 0.15) is 11.5 Å². The summed E-state index contributed by atoms with van der Waals surface area (Å²) in [6, 6.07) is 7.83. The van der Waals surface area contributed by atoms with Gasteiger partial charge in [0, 0.05) is 43.4 Å². The third-order valence-electron chi connectivity index (χ3n) is 5.64. The second kappa shape index (κ2) is 7.78. The van der Waals surface area contributed by atoms with Crippen molar-refractivity contribution >= 4 is 17.7 Å². The Balaban J connectivity index is 1.23. The molecule has 28 heavy (non-hydrogen) atoms. The molecule has 0 radical (unpaired) electrons. The van der Waals surface area contributed by atoms with Gasteiger partial charge in [-0.1, -0.05) is 6.92 Å². The van der Waals surface area contributed by atoms with Gasteiger partial charge in [-0.15, -0.1) is 0 Å². The van der Waals surface area contributed by atoms with E-state index in [4.69, 9.17) is 4.42 Å². The molecule has 0 bridgehead atoms. The highest BCUT2D eigenvalue weighted by molar-refractivity contribution is 5.91. The summed E-state index contributed by atoms with van der Waals surface area (Å²) < 4.78 is 32.2. The fraction of sp³-hybridized carbons (Fsp3) is 0.409. The van der Waals surface area contributed by atoms with Crippen LogP contribution in [-0.4, -0.2) is 25.5 Å². The topological polar surface area (TPSA) is 45.5 Å². The number of furan rings is 1. The fourth-order valence-electron chi connectivity index (χ4n) is 3.75. The van der Waals surface area contributed by atoms with Gasteiger partial charge in [-0.2, -0.15) is 0 Å². The maximum atomic E-state index is 13.4. The van der Waals surface area contributed by atoms with Crippen LogP contribution >= 0.6 is 0 Å². The quantitative estimate of drug-likeness (QED) is 0.752. The van der Waals surface area contributed by atoms with Crippen molar-refractivity contribution in [2.24, 2.45) is 11.8 Å². The number of anilines is 1. The van der Waals surface area contributed by atoms with E-state index in [0.29, 0.717) is 36.4 Å². The van der Waals surface area contributed by atoms with Gasteiger partial charge >= 0.3 is 0 Å². The molecule has 2 heterocycles. The van der Waals surface area contributed by atoms with Crippen molar-refractivity contribution < 1.29 is 18.0 Å². The molecule has 1 saturated heterocycles. The van der Waals surface area contributed by atoms with E-state index in [9.17, 15) is 13.6 Å². The number of carbonyl (C=O) groups excluding carboxylic acids is 1. The van der Waals surface area contributed by atoms with Crippen molar-refractivity contribution in [2.45, 2.75) is 25.7 Å². The number of nitrogens with one attached hydrogen (secondary N) is 1. The van der Waals surface area contributed by atoms with Crippen molar-refractivity contribution in [1.29, 1.82) is 0 Å². The van der Waals surface area contributed by atoms with E-state index in [2.05, 4.69) is 12.2 Å². The summed E-state index contributed by atoms with van der Waals surface area (Å²) in [5.41, 5.74) is 0.672. The van der Waals surface area contributed by atoms with Gasteiger partial charge in [-0.05, 0) is 55.0 Å². The summed E-state index contributed by atoms with van der Waals surface area (Å²) in [5, 5.41) is 2.91. The summed E-state index contributed by atoms with van der Waals surface area (Å²) in [5.74, 6) is 1.33. The van der Waals surface area contributed by atoms with Gasteiger partial charge in [0.25, 0.3) is 0 Å². The van der Waals surface area contributed by atoms with Crippen LogP contribution in [0.3, 0.4) is 0 Å². The van der Waals surface area contributed by atoms with Gasteiger partial charge < -0.3 is 14.6 Å². The molecular formula is C22H24F2N2O2. The molecular weight excluding hydrogens is 362 g/mol. The number of hydrogen-bond donors (Lipinski definition) is 1. The van der Waals surface area contributed by atoms with Crippen LogP contribution in [0.1, 0.15) is 37.2 Å². The molecule has 1 amide bonds. The lowest BCUT2D eigenvalue weighted by atomic mass is 10.1. The van der Waals surface area contributed by atoms with Gasteiger partial charge in [-0.3, -0.25) is 4.79 Å². The van der Waals surface area contributed by atoms with Crippen LogP contribution in [0.15, 0.2) is 40.8 Å². The van der Waals surface area contributed by atoms with E-state index in [1.807, 2.05) is 17.0 Å². The molecule has 1 aliphatic carbocycles. The second-order valence-electron chi connectivity index (χ2n) is 7.84. The highest BCUT2D eigenvalue weighted by Crippen LogP contribution is 2.47. The van der Waals surface area contributed by atoms with E-state index in [0.717, 1.165) is 24.8 Å². The Morgan fingerprint density at radius 2 is 2.11 bits per heavy atom. The van der Waals surface area contributed by atoms with Crippen LogP contribution in [0.25, 0.3) is 6.08 Å². The lowest BCUT2D eigenvalue weighted by Gasteiger charge is -2.19. The van der Waals surface area contributed by atoms with E-state index in [1.54, 1.807) is 12.1 Å². The Kier molecular flexibility index (Phi) is 5.20. The first kappa shape index (κ1) is 18.7. The van der Waals surface area contributed by atoms with Crippen molar-refractivity contribution in [3.05, 3.63) is 59.6 Å². The largest absolute Gasteiger partial charge is 0.461 e. The van der Waals surface area contributed by atoms with Gasteiger partial charge in [0.05, 0.1) is 0 Å². The molecule has 1 aromatic carbocycles. The second-order valence-corrected chi connectivity index (χ2v) is 7.84. The van der Waals surface area contributed by atoms with E-state index >= 15 is 0 Å². The monoisotopic (exact) mass is 386 g/mol. The van der Waals surface area contributed by atoms with Crippen LogP contribution in [0.4, 0.5) is 14.5 Å². The molecule has 4 nitrogen and oxygen atoms in total. The number of benzene rings is 1. The third-order valence-corrected chi connectivity index (χ3v) is 5.64. The zero-order chi connectivity index (χ0) is 19.7. The SMILES string of the molecule is CC1CC1c1ccc(/C=C/C(=O)NCC2CCN(c3ccc(F)c(F)c3)C2)o1. The minimum absolute atomic E-state index is 0.163. The predicted molar refractivity (Wildman–Crippen MR) is 104 cm³/mol. The average molecular weight is 386 g/mol. The average Bonchev–Trinajstić information content (AvgIpc) is 3.09. The molecule has 2 aliphatic rings. The van der Waals surface area contributed by atoms with Gasteiger partial charge in [-0.25, -0.2) is 8.78 Å². The first-order valence-electron chi connectivity index (χ1n) is 9.75. The molecule has 2 fully saturated rings. The van der Waals surface area contributed by atoms with E-state index < -0.39 is 11.6 Å². The third kappa shape index (κ3) is 4.26. The summed E-state index contributed by atoms with van der Waals surface area (Å²) in [6.45, 7) is 4.21. The molecule has 1 N–H and O–H groups in total. The van der Waals surface area contributed by atoms with Crippen LogP contribution in [-0.2, 0) is 4.79 Å². The highest BCUT2D eigenvalue weighted by Gasteiger charge is 2.36. The molecule has 4 rings (SSSR count). The van der Waals surface area contributed by atoms with Crippen molar-refractivity contribution in [2.75, 3.05) is 24.5 Å². The lowest BCUT2D eigenvalue weighted by Crippen LogP contribution is -2.29. The summed E-state index contributed by atoms with van der Waals surface area (Å²) in [7, 11) is 0. The maximum Gasteiger partial charge on any atom is 0.244 e. The fourth-order valence-corrected chi connectivity index (χ4v) is 3.75. The van der Waals surface area contributed by atoms with Crippen molar-refractivity contribution in [1.82, 2.24) is 5.32 Å². The Morgan fingerprint density at radius 3 is 2.86 bits per heavy atom. The molecule has 1 saturated carbocycles. The molecule has 6 heteroatoms. The smallest absolute Gasteiger partial charge is 0.244 e.